The van der Waals surface area contributed by atoms with Crippen molar-refractivity contribution in [1.29, 1.82) is 0 Å². The third-order valence-electron chi connectivity index (χ3n) is 5.94. The Hall–Kier alpha value is -3.19. The Balaban J connectivity index is 1.88. The lowest BCUT2D eigenvalue weighted by Gasteiger charge is -2.39. The van der Waals surface area contributed by atoms with Crippen LogP contribution >= 0.6 is 11.3 Å². The summed E-state index contributed by atoms with van der Waals surface area (Å²) in [5.74, 6) is -1.20. The first-order chi connectivity index (χ1) is 14.3. The number of pyridine rings is 1. The number of hydrogen-bond acceptors (Lipinski definition) is 4. The smallest absolute Gasteiger partial charge is 0.341 e. The highest BCUT2D eigenvalue weighted by molar-refractivity contribution is 7.13. The summed E-state index contributed by atoms with van der Waals surface area (Å²) in [6, 6.07) is 5.65. The van der Waals surface area contributed by atoms with Crippen molar-refractivity contribution in [3.05, 3.63) is 63.5 Å². The SMILES string of the molecule is CC(C)(C)[C@@H]1Cc2c(cc(-c3nccs3)c3[nH]ccc23)-c2cc(=O)c(C(=O)O)cn21. The van der Waals surface area contributed by atoms with Crippen molar-refractivity contribution < 1.29 is 9.90 Å². The first kappa shape index (κ1) is 18.8. The number of carbonyl (C=O) groups is 1. The number of fused-ring (bicyclic) bond motifs is 5. The molecular formula is C23H21N3O3S. The predicted octanol–water partition coefficient (Wildman–Crippen LogP) is 4.96. The fourth-order valence-electron chi connectivity index (χ4n) is 4.47. The van der Waals surface area contributed by atoms with Gasteiger partial charge in [-0.3, -0.25) is 4.79 Å². The normalized spacial score (nSPS) is 15.8. The summed E-state index contributed by atoms with van der Waals surface area (Å²) < 4.78 is 1.98. The molecule has 6 nitrogen and oxygen atoms in total. The monoisotopic (exact) mass is 419 g/mol. The number of H-pyrrole nitrogens is 1. The lowest BCUT2D eigenvalue weighted by molar-refractivity contribution is 0.0693. The summed E-state index contributed by atoms with van der Waals surface area (Å²) in [4.78, 5) is 32.1. The van der Waals surface area contributed by atoms with E-state index < -0.39 is 11.4 Å². The molecule has 1 aliphatic rings. The average Bonchev–Trinajstić information content (AvgIpc) is 3.37. The summed E-state index contributed by atoms with van der Waals surface area (Å²) in [6.45, 7) is 6.43. The number of aromatic nitrogens is 3. The molecule has 152 valence electrons. The maximum atomic E-state index is 12.6. The van der Waals surface area contributed by atoms with Crippen LogP contribution in [0.3, 0.4) is 0 Å². The Morgan fingerprint density at radius 3 is 2.77 bits per heavy atom. The second-order valence-corrected chi connectivity index (χ2v) is 9.68. The van der Waals surface area contributed by atoms with Crippen LogP contribution in [-0.4, -0.2) is 25.6 Å². The lowest BCUT2D eigenvalue weighted by atomic mass is 9.77. The third kappa shape index (κ3) is 2.73. The number of carboxylic acid groups (broad SMARTS) is 1. The van der Waals surface area contributed by atoms with Gasteiger partial charge in [-0.1, -0.05) is 20.8 Å². The third-order valence-corrected chi connectivity index (χ3v) is 6.74. The number of aromatic carboxylic acids is 1. The number of carboxylic acids is 1. The molecule has 0 fully saturated rings. The molecule has 0 saturated carbocycles. The highest BCUT2D eigenvalue weighted by Gasteiger charge is 2.35. The van der Waals surface area contributed by atoms with Gasteiger partial charge in [0.1, 0.15) is 10.6 Å². The van der Waals surface area contributed by atoms with Gasteiger partial charge in [-0.15, -0.1) is 11.3 Å². The van der Waals surface area contributed by atoms with Crippen molar-refractivity contribution in [2.75, 3.05) is 0 Å². The molecule has 4 heterocycles. The summed E-state index contributed by atoms with van der Waals surface area (Å²) in [6.07, 6.45) is 5.98. The molecule has 0 unspecified atom stereocenters. The molecule has 1 atom stereocenters. The van der Waals surface area contributed by atoms with E-state index in [1.807, 2.05) is 16.1 Å². The van der Waals surface area contributed by atoms with Crippen molar-refractivity contribution in [2.45, 2.75) is 33.2 Å². The fraction of sp³-hybridized carbons (Fsp3) is 0.261. The molecule has 0 aliphatic carbocycles. The molecule has 2 N–H and O–H groups in total. The number of nitrogens with one attached hydrogen (secondary N) is 1. The van der Waals surface area contributed by atoms with Gasteiger partial charge in [0.05, 0.1) is 11.2 Å². The van der Waals surface area contributed by atoms with Gasteiger partial charge in [0.2, 0.25) is 0 Å². The zero-order valence-electron chi connectivity index (χ0n) is 16.9. The lowest BCUT2D eigenvalue weighted by Crippen LogP contribution is -2.32. The van der Waals surface area contributed by atoms with Crippen LogP contribution < -0.4 is 5.43 Å². The molecule has 30 heavy (non-hydrogen) atoms. The number of hydrogen-bond donors (Lipinski definition) is 2. The van der Waals surface area contributed by atoms with Gasteiger partial charge in [0.25, 0.3) is 0 Å². The summed E-state index contributed by atoms with van der Waals surface area (Å²) in [5.41, 5.74) is 4.11. The van der Waals surface area contributed by atoms with Gasteiger partial charge in [0.15, 0.2) is 5.43 Å². The Morgan fingerprint density at radius 2 is 2.10 bits per heavy atom. The maximum Gasteiger partial charge on any atom is 0.341 e. The summed E-state index contributed by atoms with van der Waals surface area (Å²) in [7, 11) is 0. The van der Waals surface area contributed by atoms with E-state index in [0.717, 1.165) is 39.2 Å². The fourth-order valence-corrected chi connectivity index (χ4v) is 5.13. The van der Waals surface area contributed by atoms with Crippen LogP contribution in [0.25, 0.3) is 32.7 Å². The van der Waals surface area contributed by atoms with Gasteiger partial charge < -0.3 is 14.7 Å². The van der Waals surface area contributed by atoms with E-state index in [9.17, 15) is 14.7 Å². The number of aromatic amines is 1. The topological polar surface area (TPSA) is 88.0 Å². The predicted molar refractivity (Wildman–Crippen MR) is 118 cm³/mol. The van der Waals surface area contributed by atoms with Gasteiger partial charge in [-0.05, 0) is 29.5 Å². The minimum absolute atomic E-state index is 0.0162. The molecule has 0 bridgehead atoms. The van der Waals surface area contributed by atoms with Crippen molar-refractivity contribution >= 4 is 28.2 Å². The second-order valence-electron chi connectivity index (χ2n) is 8.79. The van der Waals surface area contributed by atoms with Crippen molar-refractivity contribution in [3.63, 3.8) is 0 Å². The second kappa shape index (κ2) is 6.40. The number of rotatable bonds is 2. The molecule has 4 aromatic rings. The van der Waals surface area contributed by atoms with E-state index in [1.54, 1.807) is 17.5 Å². The van der Waals surface area contributed by atoms with E-state index in [0.29, 0.717) is 0 Å². The standard InChI is InChI=1S/C23H21N3O3S/c1-23(2,3)19-9-13-12-4-5-24-20(12)15(21-25-6-7-30-21)8-14(13)17-10-18(27)16(22(28)29)11-26(17)19/h4-8,10-11,19,24H,9H2,1-3H3,(H,28,29)/t19-/m0/s1. The Kier molecular flexibility index (Phi) is 4.02. The summed E-state index contributed by atoms with van der Waals surface area (Å²) in [5, 5.41) is 13.5. The zero-order valence-corrected chi connectivity index (χ0v) is 17.7. The number of thiazole rings is 1. The Labute approximate surface area is 176 Å². The van der Waals surface area contributed by atoms with Crippen LogP contribution in [0.4, 0.5) is 0 Å². The Morgan fingerprint density at radius 1 is 1.30 bits per heavy atom. The molecular weight excluding hydrogens is 398 g/mol. The zero-order chi connectivity index (χ0) is 21.2. The van der Waals surface area contributed by atoms with E-state index in [-0.39, 0.29) is 17.0 Å². The van der Waals surface area contributed by atoms with Gasteiger partial charge in [-0.25, -0.2) is 9.78 Å². The van der Waals surface area contributed by atoms with Crippen LogP contribution in [0.1, 0.15) is 42.7 Å². The minimum Gasteiger partial charge on any atom is -0.477 e. The van der Waals surface area contributed by atoms with Gasteiger partial charge >= 0.3 is 5.97 Å². The van der Waals surface area contributed by atoms with Crippen LogP contribution in [0.2, 0.25) is 0 Å². The number of benzene rings is 1. The van der Waals surface area contributed by atoms with Crippen LogP contribution in [0.15, 0.2) is 47.0 Å². The van der Waals surface area contributed by atoms with Gasteiger partial charge in [0, 0.05) is 52.6 Å². The van der Waals surface area contributed by atoms with Crippen molar-refractivity contribution in [3.8, 4) is 21.8 Å². The highest BCUT2D eigenvalue weighted by Crippen LogP contribution is 2.46. The minimum atomic E-state index is -1.20. The first-order valence-electron chi connectivity index (χ1n) is 9.78. The quantitative estimate of drug-likeness (QED) is 0.481. The van der Waals surface area contributed by atoms with E-state index >= 15 is 0 Å². The van der Waals surface area contributed by atoms with Crippen molar-refractivity contribution in [2.24, 2.45) is 5.41 Å². The largest absolute Gasteiger partial charge is 0.477 e. The van der Waals surface area contributed by atoms with E-state index in [4.69, 9.17) is 0 Å². The molecule has 1 aromatic carbocycles. The molecule has 0 radical (unpaired) electrons. The van der Waals surface area contributed by atoms with E-state index in [2.05, 4.69) is 42.9 Å². The first-order valence-corrected chi connectivity index (χ1v) is 10.7. The van der Waals surface area contributed by atoms with E-state index in [1.165, 1.54) is 17.8 Å². The van der Waals surface area contributed by atoms with Crippen molar-refractivity contribution in [1.82, 2.24) is 14.5 Å². The Bertz CT molecular complexity index is 1360. The van der Waals surface area contributed by atoms with Crippen LogP contribution in [-0.2, 0) is 6.42 Å². The number of nitrogens with zero attached hydrogens (tertiary/aromatic N) is 2. The molecule has 3 aromatic heterocycles. The highest BCUT2D eigenvalue weighted by atomic mass is 32.1. The summed E-state index contributed by atoms with van der Waals surface area (Å²) >= 11 is 1.56. The van der Waals surface area contributed by atoms with Crippen LogP contribution in [0, 0.1) is 5.41 Å². The molecule has 7 heteroatoms. The molecule has 5 rings (SSSR count). The maximum absolute atomic E-state index is 12.6. The molecule has 0 amide bonds. The molecule has 1 aliphatic heterocycles. The molecule has 0 spiro atoms. The molecule has 0 saturated heterocycles. The average molecular weight is 420 g/mol. The van der Waals surface area contributed by atoms with Gasteiger partial charge in [-0.2, -0.15) is 0 Å². The van der Waals surface area contributed by atoms with Crippen LogP contribution in [0.5, 0.6) is 0 Å².